The summed E-state index contributed by atoms with van der Waals surface area (Å²) in [6, 6.07) is 3.61. The van der Waals surface area contributed by atoms with Gasteiger partial charge in [-0.3, -0.25) is 10.3 Å². The van der Waals surface area contributed by atoms with E-state index in [2.05, 4.69) is 25.4 Å². The van der Waals surface area contributed by atoms with E-state index < -0.39 is 0 Å². The molecule has 1 aromatic carbocycles. The van der Waals surface area contributed by atoms with Gasteiger partial charge in [0.15, 0.2) is 0 Å². The van der Waals surface area contributed by atoms with Crippen LogP contribution in [0, 0.1) is 12.8 Å². The third-order valence-electron chi connectivity index (χ3n) is 3.64. The highest BCUT2D eigenvalue weighted by atomic mass is 35.5. The fourth-order valence-corrected chi connectivity index (χ4v) is 2.93. The molecule has 158 valence electrons. The number of hydrogen-bond donors (Lipinski definition) is 1. The molecule has 0 fully saturated rings. The minimum atomic E-state index is 0.172. The van der Waals surface area contributed by atoms with E-state index in [1.807, 2.05) is 19.9 Å². The molecule has 0 aliphatic heterocycles. The number of halogens is 3. The molecule has 0 bridgehead atoms. The summed E-state index contributed by atoms with van der Waals surface area (Å²) in [5.41, 5.74) is 4.91. The molecule has 0 spiro atoms. The van der Waals surface area contributed by atoms with Crippen LogP contribution in [-0.4, -0.2) is 19.8 Å². The summed E-state index contributed by atoms with van der Waals surface area (Å²) in [6.45, 7) is 9.75. The Kier molecular flexibility index (Phi) is 12.5. The first-order valence-corrected chi connectivity index (χ1v) is 10.6. The third-order valence-corrected chi connectivity index (χ3v) is 4.23. The highest BCUT2D eigenvalue weighted by Crippen LogP contribution is 2.33. The van der Waals surface area contributed by atoms with E-state index in [9.17, 15) is 0 Å². The highest BCUT2D eigenvalue weighted by molar-refractivity contribution is 6.55. The van der Waals surface area contributed by atoms with Crippen LogP contribution in [0.15, 0.2) is 34.5 Å². The summed E-state index contributed by atoms with van der Waals surface area (Å²) < 4.78 is 11.6. The zero-order valence-electron chi connectivity index (χ0n) is 17.0. The van der Waals surface area contributed by atoms with Crippen LogP contribution in [-0.2, 0) is 4.84 Å². The number of nitrogens with one attached hydrogen (secondary N) is 1. The standard InChI is InChI=1S/C21H30Cl3NO3/c1-15(2)12-17(4)25-28-10-7-5-6-9-27-21-16(3)13-18(14-19(21)22)26-11-8-20(23)24/h8,12-15,25H,5-7,9-11H2,1-4H3. The van der Waals surface area contributed by atoms with Gasteiger partial charge in [-0.25, -0.2) is 0 Å². The molecule has 1 rings (SSSR count). The lowest BCUT2D eigenvalue weighted by atomic mass is 10.2. The number of allylic oxidation sites excluding steroid dienone is 2. The summed E-state index contributed by atoms with van der Waals surface area (Å²) in [7, 11) is 0. The van der Waals surface area contributed by atoms with Gasteiger partial charge >= 0.3 is 0 Å². The number of hydrogen-bond acceptors (Lipinski definition) is 4. The SMILES string of the molecule is CC(=CC(C)C)NOCCCCCOc1c(C)cc(OCC=C(Cl)Cl)cc1Cl. The largest absolute Gasteiger partial charge is 0.492 e. The quantitative estimate of drug-likeness (QED) is 0.260. The fourth-order valence-electron chi connectivity index (χ4n) is 2.49. The van der Waals surface area contributed by atoms with E-state index in [0.717, 1.165) is 30.5 Å². The number of aryl methyl sites for hydroxylation is 1. The Bertz CT molecular complexity index is 633. The van der Waals surface area contributed by atoms with Gasteiger partial charge < -0.3 is 9.47 Å². The van der Waals surface area contributed by atoms with E-state index >= 15 is 0 Å². The van der Waals surface area contributed by atoms with Crippen molar-refractivity contribution in [2.24, 2.45) is 5.92 Å². The van der Waals surface area contributed by atoms with Crippen LogP contribution in [0.1, 0.15) is 45.6 Å². The summed E-state index contributed by atoms with van der Waals surface area (Å²) in [5, 5.41) is 0.524. The second-order valence-electron chi connectivity index (χ2n) is 6.81. The van der Waals surface area contributed by atoms with Crippen LogP contribution in [0.4, 0.5) is 0 Å². The monoisotopic (exact) mass is 449 g/mol. The molecule has 1 N–H and O–H groups in total. The van der Waals surface area contributed by atoms with Crippen molar-refractivity contribution in [3.63, 3.8) is 0 Å². The number of benzene rings is 1. The average molecular weight is 451 g/mol. The Labute approximate surface area is 183 Å². The van der Waals surface area contributed by atoms with Crippen molar-refractivity contribution in [3.8, 4) is 11.5 Å². The van der Waals surface area contributed by atoms with Crippen LogP contribution in [0.3, 0.4) is 0 Å². The number of rotatable bonds is 13. The first-order chi connectivity index (χ1) is 13.3. The molecule has 1 aromatic rings. The lowest BCUT2D eigenvalue weighted by Crippen LogP contribution is -2.13. The molecule has 0 unspecified atom stereocenters. The lowest BCUT2D eigenvalue weighted by Gasteiger charge is -2.13. The smallest absolute Gasteiger partial charge is 0.141 e. The molecular formula is C21H30Cl3NO3. The van der Waals surface area contributed by atoms with Crippen LogP contribution >= 0.6 is 34.8 Å². The topological polar surface area (TPSA) is 39.7 Å². The first kappa shape index (κ1) is 25.0. The molecule has 0 saturated heterocycles. The maximum Gasteiger partial charge on any atom is 0.141 e. The molecule has 28 heavy (non-hydrogen) atoms. The second-order valence-corrected chi connectivity index (χ2v) is 8.22. The third kappa shape index (κ3) is 11.1. The number of hydroxylamine groups is 1. The van der Waals surface area contributed by atoms with Gasteiger partial charge in [0.2, 0.25) is 0 Å². The fraction of sp³-hybridized carbons (Fsp3) is 0.524. The summed E-state index contributed by atoms with van der Waals surface area (Å²) in [5.74, 6) is 1.84. The van der Waals surface area contributed by atoms with Crippen molar-refractivity contribution < 1.29 is 14.3 Å². The molecule has 0 aliphatic rings. The molecule has 0 heterocycles. The van der Waals surface area contributed by atoms with Crippen LogP contribution < -0.4 is 15.0 Å². The zero-order chi connectivity index (χ0) is 20.9. The van der Waals surface area contributed by atoms with Gasteiger partial charge in [-0.2, -0.15) is 0 Å². The van der Waals surface area contributed by atoms with Gasteiger partial charge in [-0.1, -0.05) is 54.7 Å². The Hall–Kier alpha value is -1.07. The Morgan fingerprint density at radius 2 is 1.82 bits per heavy atom. The van der Waals surface area contributed by atoms with Gasteiger partial charge in [0.25, 0.3) is 0 Å². The second kappa shape index (κ2) is 14.0. The number of ether oxygens (including phenoxy) is 2. The van der Waals surface area contributed by atoms with E-state index in [0.29, 0.717) is 35.7 Å². The molecule has 0 aliphatic carbocycles. The summed E-state index contributed by atoms with van der Waals surface area (Å²) >= 11 is 17.4. The van der Waals surface area contributed by atoms with Crippen LogP contribution in [0.25, 0.3) is 0 Å². The predicted octanol–water partition coefficient (Wildman–Crippen LogP) is 6.98. The minimum Gasteiger partial charge on any atom is -0.492 e. The van der Waals surface area contributed by atoms with E-state index in [1.54, 1.807) is 12.1 Å². The minimum absolute atomic E-state index is 0.172. The number of unbranched alkanes of at least 4 members (excludes halogenated alkanes) is 2. The van der Waals surface area contributed by atoms with E-state index in [1.165, 1.54) is 0 Å². The van der Waals surface area contributed by atoms with E-state index in [-0.39, 0.29) is 11.1 Å². The van der Waals surface area contributed by atoms with Gasteiger partial charge in [-0.15, -0.1) is 0 Å². The van der Waals surface area contributed by atoms with Crippen molar-refractivity contribution in [1.29, 1.82) is 0 Å². The Morgan fingerprint density at radius 1 is 1.11 bits per heavy atom. The summed E-state index contributed by atoms with van der Waals surface area (Å²) in [6.07, 6.45) is 6.59. The Morgan fingerprint density at radius 3 is 2.46 bits per heavy atom. The van der Waals surface area contributed by atoms with Crippen LogP contribution in [0.2, 0.25) is 5.02 Å². The highest BCUT2D eigenvalue weighted by Gasteiger charge is 2.09. The van der Waals surface area contributed by atoms with E-state index in [4.69, 9.17) is 49.1 Å². The predicted molar refractivity (Wildman–Crippen MR) is 119 cm³/mol. The van der Waals surface area contributed by atoms with Gasteiger partial charge in [0, 0.05) is 11.8 Å². The van der Waals surface area contributed by atoms with Crippen molar-refractivity contribution >= 4 is 34.8 Å². The Balaban J connectivity index is 2.27. The van der Waals surface area contributed by atoms with Gasteiger partial charge in [0.1, 0.15) is 22.6 Å². The molecule has 0 saturated carbocycles. The molecule has 0 radical (unpaired) electrons. The zero-order valence-corrected chi connectivity index (χ0v) is 19.3. The molecule has 0 atom stereocenters. The van der Waals surface area contributed by atoms with Crippen LogP contribution in [0.5, 0.6) is 11.5 Å². The first-order valence-electron chi connectivity index (χ1n) is 9.42. The molecule has 0 amide bonds. The normalized spacial score (nSPS) is 11.5. The summed E-state index contributed by atoms with van der Waals surface area (Å²) in [4.78, 5) is 5.44. The molecule has 7 heteroatoms. The van der Waals surface area contributed by atoms with Crippen molar-refractivity contribution in [1.82, 2.24) is 5.48 Å². The maximum atomic E-state index is 6.32. The van der Waals surface area contributed by atoms with Crippen molar-refractivity contribution in [2.75, 3.05) is 19.8 Å². The van der Waals surface area contributed by atoms with Gasteiger partial charge in [-0.05, 0) is 56.7 Å². The molecular weight excluding hydrogens is 421 g/mol. The van der Waals surface area contributed by atoms with Crippen molar-refractivity contribution in [2.45, 2.75) is 47.0 Å². The molecule has 4 nitrogen and oxygen atoms in total. The maximum absolute atomic E-state index is 6.32. The molecule has 0 aromatic heterocycles. The lowest BCUT2D eigenvalue weighted by molar-refractivity contribution is 0.0589. The van der Waals surface area contributed by atoms with Crippen molar-refractivity contribution in [3.05, 3.63) is 45.1 Å². The average Bonchev–Trinajstić information content (AvgIpc) is 2.58. The van der Waals surface area contributed by atoms with Gasteiger partial charge in [0.05, 0.1) is 18.2 Å².